The zero-order chi connectivity index (χ0) is 20.3. The highest BCUT2D eigenvalue weighted by molar-refractivity contribution is 7.99. The van der Waals surface area contributed by atoms with Gasteiger partial charge in [-0.15, -0.1) is 0 Å². The maximum Gasteiger partial charge on any atom is 0.332 e. The summed E-state index contributed by atoms with van der Waals surface area (Å²) in [6, 6.07) is 0.272. The van der Waals surface area contributed by atoms with Gasteiger partial charge in [-0.05, 0) is 19.3 Å². The molecule has 8 nitrogen and oxygen atoms in total. The first-order valence-electron chi connectivity index (χ1n) is 10.0. The number of amides is 1. The molecule has 2 heterocycles. The van der Waals surface area contributed by atoms with Crippen molar-refractivity contribution in [3.8, 4) is 0 Å². The van der Waals surface area contributed by atoms with E-state index in [1.54, 1.807) is 7.05 Å². The molecule has 1 aliphatic carbocycles. The molecule has 0 aromatic carbocycles. The SMILES string of the molecule is CCCCn1c(SCC(=O)NC2CCCCC2)nc2c1c(=O)n(C)c(=O)n2C. The van der Waals surface area contributed by atoms with E-state index in [9.17, 15) is 14.4 Å². The summed E-state index contributed by atoms with van der Waals surface area (Å²) in [5, 5.41) is 3.72. The lowest BCUT2D eigenvalue weighted by Crippen LogP contribution is -2.37. The van der Waals surface area contributed by atoms with E-state index in [4.69, 9.17) is 0 Å². The van der Waals surface area contributed by atoms with Crippen LogP contribution in [0, 0.1) is 0 Å². The second kappa shape index (κ2) is 8.98. The van der Waals surface area contributed by atoms with E-state index in [-0.39, 0.29) is 23.3 Å². The van der Waals surface area contributed by atoms with Crippen LogP contribution in [0.4, 0.5) is 0 Å². The van der Waals surface area contributed by atoms with Crippen molar-refractivity contribution in [2.24, 2.45) is 14.1 Å². The summed E-state index contributed by atoms with van der Waals surface area (Å²) in [5.41, 5.74) is 0.0528. The summed E-state index contributed by atoms with van der Waals surface area (Å²) < 4.78 is 4.36. The summed E-state index contributed by atoms with van der Waals surface area (Å²) in [4.78, 5) is 41.9. The number of fused-ring (bicyclic) bond motifs is 1. The van der Waals surface area contributed by atoms with Gasteiger partial charge >= 0.3 is 5.69 Å². The Hall–Kier alpha value is -2.03. The Labute approximate surface area is 168 Å². The van der Waals surface area contributed by atoms with Crippen LogP contribution < -0.4 is 16.6 Å². The van der Waals surface area contributed by atoms with Crippen LogP contribution in [-0.4, -0.2) is 36.4 Å². The number of nitrogens with one attached hydrogen (secondary N) is 1. The van der Waals surface area contributed by atoms with Crippen molar-refractivity contribution in [1.29, 1.82) is 0 Å². The number of rotatable bonds is 7. The number of aryl methyl sites for hydroxylation is 2. The minimum atomic E-state index is -0.399. The molecule has 1 N–H and O–H groups in total. The summed E-state index contributed by atoms with van der Waals surface area (Å²) in [6.45, 7) is 2.71. The standard InChI is InChI=1S/C19H29N5O3S/c1-4-5-11-24-15-16(22(2)19(27)23(3)17(15)26)21-18(24)28-12-14(25)20-13-9-7-6-8-10-13/h13H,4-12H2,1-3H3,(H,20,25). The molecule has 154 valence electrons. The molecule has 3 rings (SSSR count). The third kappa shape index (κ3) is 4.19. The van der Waals surface area contributed by atoms with E-state index in [1.807, 2.05) is 4.57 Å². The lowest BCUT2D eigenvalue weighted by atomic mass is 9.95. The zero-order valence-corrected chi connectivity index (χ0v) is 17.7. The van der Waals surface area contributed by atoms with E-state index >= 15 is 0 Å². The lowest BCUT2D eigenvalue weighted by molar-refractivity contribution is -0.119. The van der Waals surface area contributed by atoms with Gasteiger partial charge in [-0.2, -0.15) is 0 Å². The van der Waals surface area contributed by atoms with Gasteiger partial charge in [0.25, 0.3) is 5.56 Å². The van der Waals surface area contributed by atoms with E-state index in [0.29, 0.717) is 22.9 Å². The second-order valence-electron chi connectivity index (χ2n) is 7.47. The van der Waals surface area contributed by atoms with Crippen LogP contribution in [0.1, 0.15) is 51.9 Å². The minimum absolute atomic E-state index is 0.00668. The van der Waals surface area contributed by atoms with Crippen LogP contribution in [0.15, 0.2) is 14.7 Å². The first-order chi connectivity index (χ1) is 13.4. The highest BCUT2D eigenvalue weighted by atomic mass is 32.2. The van der Waals surface area contributed by atoms with Crippen molar-refractivity contribution in [2.75, 3.05) is 5.75 Å². The van der Waals surface area contributed by atoms with Crippen molar-refractivity contribution < 1.29 is 4.79 Å². The van der Waals surface area contributed by atoms with Gasteiger partial charge < -0.3 is 9.88 Å². The Balaban J connectivity index is 1.86. The zero-order valence-electron chi connectivity index (χ0n) is 16.9. The highest BCUT2D eigenvalue weighted by Gasteiger charge is 2.21. The predicted molar refractivity (Wildman–Crippen MR) is 111 cm³/mol. The Morgan fingerprint density at radius 1 is 1.18 bits per heavy atom. The average molecular weight is 408 g/mol. The van der Waals surface area contributed by atoms with Crippen LogP contribution in [-0.2, 0) is 25.4 Å². The molecule has 0 spiro atoms. The number of hydrogen-bond donors (Lipinski definition) is 1. The van der Waals surface area contributed by atoms with E-state index in [2.05, 4.69) is 17.2 Å². The van der Waals surface area contributed by atoms with E-state index in [0.717, 1.165) is 30.3 Å². The van der Waals surface area contributed by atoms with E-state index in [1.165, 1.54) is 42.6 Å². The highest BCUT2D eigenvalue weighted by Crippen LogP contribution is 2.23. The molecule has 0 saturated heterocycles. The number of thioether (sulfide) groups is 1. The second-order valence-corrected chi connectivity index (χ2v) is 8.41. The Morgan fingerprint density at radius 3 is 2.57 bits per heavy atom. The molecular formula is C19H29N5O3S. The third-order valence-electron chi connectivity index (χ3n) is 5.35. The van der Waals surface area contributed by atoms with Gasteiger partial charge in [-0.1, -0.05) is 44.4 Å². The number of unbranched alkanes of at least 4 members (excludes halogenated alkanes) is 1. The van der Waals surface area contributed by atoms with Crippen LogP contribution in [0.3, 0.4) is 0 Å². The van der Waals surface area contributed by atoms with Gasteiger partial charge in [0.2, 0.25) is 5.91 Å². The largest absolute Gasteiger partial charge is 0.353 e. The fourth-order valence-electron chi connectivity index (χ4n) is 3.71. The Kier molecular flexibility index (Phi) is 6.64. The third-order valence-corrected chi connectivity index (χ3v) is 6.33. The fraction of sp³-hybridized carbons (Fsp3) is 0.684. The molecule has 0 atom stereocenters. The lowest BCUT2D eigenvalue weighted by Gasteiger charge is -2.22. The molecule has 28 heavy (non-hydrogen) atoms. The van der Waals surface area contributed by atoms with Crippen molar-refractivity contribution in [3.63, 3.8) is 0 Å². The molecular weight excluding hydrogens is 378 g/mol. The van der Waals surface area contributed by atoms with Gasteiger partial charge in [-0.25, -0.2) is 9.78 Å². The van der Waals surface area contributed by atoms with Crippen LogP contribution in [0.2, 0.25) is 0 Å². The molecule has 0 bridgehead atoms. The molecule has 2 aromatic rings. The fourth-order valence-corrected chi connectivity index (χ4v) is 4.54. The number of imidazole rings is 1. The number of nitrogens with zero attached hydrogens (tertiary/aromatic N) is 4. The molecule has 9 heteroatoms. The predicted octanol–water partition coefficient (Wildman–Crippen LogP) is 1.77. The van der Waals surface area contributed by atoms with Crippen LogP contribution in [0.25, 0.3) is 11.2 Å². The minimum Gasteiger partial charge on any atom is -0.353 e. The molecule has 1 fully saturated rings. The number of aromatic nitrogens is 4. The molecule has 0 aliphatic heterocycles. The monoisotopic (exact) mass is 407 g/mol. The van der Waals surface area contributed by atoms with Gasteiger partial charge in [0, 0.05) is 26.7 Å². The summed E-state index contributed by atoms with van der Waals surface area (Å²) in [7, 11) is 3.09. The van der Waals surface area contributed by atoms with Gasteiger partial charge in [0.15, 0.2) is 16.3 Å². The molecule has 2 aromatic heterocycles. The summed E-state index contributed by atoms with van der Waals surface area (Å²) in [6.07, 6.45) is 7.53. The smallest absolute Gasteiger partial charge is 0.332 e. The van der Waals surface area contributed by atoms with Crippen molar-refractivity contribution in [3.05, 3.63) is 20.8 Å². The molecule has 1 aliphatic rings. The molecule has 1 saturated carbocycles. The van der Waals surface area contributed by atoms with Crippen molar-refractivity contribution in [2.45, 2.75) is 69.6 Å². The van der Waals surface area contributed by atoms with Crippen molar-refractivity contribution in [1.82, 2.24) is 24.0 Å². The maximum absolute atomic E-state index is 12.7. The van der Waals surface area contributed by atoms with Crippen molar-refractivity contribution >= 4 is 28.8 Å². The van der Waals surface area contributed by atoms with Gasteiger partial charge in [0.05, 0.1) is 5.75 Å². The molecule has 0 radical (unpaired) electrons. The number of carbonyl (C=O) groups is 1. The Bertz CT molecular complexity index is 969. The molecule has 0 unspecified atom stereocenters. The van der Waals surface area contributed by atoms with Gasteiger partial charge in [-0.3, -0.25) is 18.7 Å². The topological polar surface area (TPSA) is 90.9 Å². The Morgan fingerprint density at radius 2 is 1.89 bits per heavy atom. The molecule has 1 amide bonds. The maximum atomic E-state index is 12.7. The number of hydrogen-bond acceptors (Lipinski definition) is 5. The van der Waals surface area contributed by atoms with Crippen LogP contribution in [0.5, 0.6) is 0 Å². The van der Waals surface area contributed by atoms with Gasteiger partial charge in [0.1, 0.15) is 0 Å². The first-order valence-corrected chi connectivity index (χ1v) is 11.0. The van der Waals surface area contributed by atoms with Crippen LogP contribution >= 0.6 is 11.8 Å². The normalized spacial score (nSPS) is 15.2. The first kappa shape index (κ1) is 20.7. The quantitative estimate of drug-likeness (QED) is 0.707. The summed E-state index contributed by atoms with van der Waals surface area (Å²) in [5.74, 6) is 0.244. The average Bonchev–Trinajstić information content (AvgIpc) is 3.07. The number of carbonyl (C=O) groups excluding carboxylic acids is 1. The summed E-state index contributed by atoms with van der Waals surface area (Å²) >= 11 is 1.33. The van der Waals surface area contributed by atoms with E-state index < -0.39 is 5.69 Å².